The van der Waals surface area contributed by atoms with E-state index in [1.54, 1.807) is 14.2 Å². The minimum absolute atomic E-state index is 0.662. The molecule has 2 aromatic carbocycles. The van der Waals surface area contributed by atoms with Crippen molar-refractivity contribution in [3.63, 3.8) is 0 Å². The van der Waals surface area contributed by atoms with Gasteiger partial charge in [0, 0.05) is 17.8 Å². The maximum Gasteiger partial charge on any atom is 0.142 e. The molecule has 6 heteroatoms. The molecule has 0 radical (unpaired) electrons. The SMILES string of the molecule is COc1ccc(OC)c(Nc2cc(Nc3cccc(C)c3C)nc(C)n2)c1. The number of anilines is 4. The van der Waals surface area contributed by atoms with Gasteiger partial charge in [0.05, 0.1) is 19.9 Å². The molecule has 0 fully saturated rings. The van der Waals surface area contributed by atoms with Gasteiger partial charge in [-0.2, -0.15) is 0 Å². The van der Waals surface area contributed by atoms with Crippen molar-refractivity contribution >= 4 is 23.0 Å². The molecule has 2 N–H and O–H groups in total. The lowest BCUT2D eigenvalue weighted by Gasteiger charge is -2.15. The third kappa shape index (κ3) is 4.28. The first-order chi connectivity index (χ1) is 13.0. The summed E-state index contributed by atoms with van der Waals surface area (Å²) in [5.41, 5.74) is 4.22. The molecule has 1 aromatic heterocycles. The van der Waals surface area contributed by atoms with Crippen molar-refractivity contribution in [1.82, 2.24) is 9.97 Å². The molecule has 0 spiro atoms. The third-order valence-electron chi connectivity index (χ3n) is 4.37. The smallest absolute Gasteiger partial charge is 0.142 e. The highest BCUT2D eigenvalue weighted by atomic mass is 16.5. The Balaban J connectivity index is 1.91. The van der Waals surface area contributed by atoms with Gasteiger partial charge in [0.25, 0.3) is 0 Å². The van der Waals surface area contributed by atoms with E-state index < -0.39 is 0 Å². The fraction of sp³-hybridized carbons (Fsp3) is 0.238. The molecule has 27 heavy (non-hydrogen) atoms. The Labute approximate surface area is 159 Å². The minimum Gasteiger partial charge on any atom is -0.497 e. The monoisotopic (exact) mass is 364 g/mol. The molecule has 1 heterocycles. The van der Waals surface area contributed by atoms with Crippen LogP contribution in [0.25, 0.3) is 0 Å². The van der Waals surface area contributed by atoms with Gasteiger partial charge in [0.15, 0.2) is 0 Å². The Hall–Kier alpha value is -3.28. The van der Waals surface area contributed by atoms with Gasteiger partial charge in [-0.25, -0.2) is 9.97 Å². The highest BCUT2D eigenvalue weighted by Gasteiger charge is 2.09. The Bertz CT molecular complexity index is 957. The number of nitrogens with zero attached hydrogens (tertiary/aromatic N) is 2. The maximum absolute atomic E-state index is 5.42. The van der Waals surface area contributed by atoms with Crippen LogP contribution in [0.4, 0.5) is 23.0 Å². The van der Waals surface area contributed by atoms with Gasteiger partial charge in [0.2, 0.25) is 0 Å². The van der Waals surface area contributed by atoms with Gasteiger partial charge in [0.1, 0.15) is 29.0 Å². The molecule has 140 valence electrons. The average Bonchev–Trinajstić information content (AvgIpc) is 2.65. The molecule has 0 atom stereocenters. The normalized spacial score (nSPS) is 10.4. The second kappa shape index (κ2) is 7.95. The fourth-order valence-electron chi connectivity index (χ4n) is 2.77. The lowest BCUT2D eigenvalue weighted by atomic mass is 10.1. The maximum atomic E-state index is 5.42. The number of rotatable bonds is 6. The number of hydrogen-bond acceptors (Lipinski definition) is 6. The van der Waals surface area contributed by atoms with Crippen molar-refractivity contribution in [3.05, 3.63) is 59.4 Å². The molecule has 0 amide bonds. The second-order valence-corrected chi connectivity index (χ2v) is 6.25. The van der Waals surface area contributed by atoms with Crippen LogP contribution in [-0.4, -0.2) is 24.2 Å². The van der Waals surface area contributed by atoms with Crippen molar-refractivity contribution in [3.8, 4) is 11.5 Å². The molecule has 0 aliphatic rings. The van der Waals surface area contributed by atoms with Gasteiger partial charge in [-0.15, -0.1) is 0 Å². The predicted octanol–water partition coefficient (Wildman–Crippen LogP) is 4.91. The first kappa shape index (κ1) is 18.5. The topological polar surface area (TPSA) is 68.3 Å². The van der Waals surface area contributed by atoms with E-state index in [1.807, 2.05) is 43.3 Å². The summed E-state index contributed by atoms with van der Waals surface area (Å²) >= 11 is 0. The highest BCUT2D eigenvalue weighted by molar-refractivity contribution is 5.69. The van der Waals surface area contributed by atoms with Crippen LogP contribution in [0, 0.1) is 20.8 Å². The van der Waals surface area contributed by atoms with Crippen LogP contribution in [0.3, 0.4) is 0 Å². The van der Waals surface area contributed by atoms with Crippen LogP contribution in [-0.2, 0) is 0 Å². The van der Waals surface area contributed by atoms with Gasteiger partial charge >= 0.3 is 0 Å². The van der Waals surface area contributed by atoms with Crippen LogP contribution in [0.15, 0.2) is 42.5 Å². The highest BCUT2D eigenvalue weighted by Crippen LogP contribution is 2.32. The summed E-state index contributed by atoms with van der Waals surface area (Å²) in [6.45, 7) is 6.04. The lowest BCUT2D eigenvalue weighted by molar-refractivity contribution is 0.405. The van der Waals surface area contributed by atoms with E-state index in [2.05, 4.69) is 40.5 Å². The molecule has 0 aliphatic heterocycles. The van der Waals surface area contributed by atoms with E-state index in [4.69, 9.17) is 9.47 Å². The van der Waals surface area contributed by atoms with Crippen molar-refractivity contribution < 1.29 is 9.47 Å². The van der Waals surface area contributed by atoms with Crippen LogP contribution in [0.1, 0.15) is 17.0 Å². The zero-order valence-corrected chi connectivity index (χ0v) is 16.3. The molecule has 6 nitrogen and oxygen atoms in total. The molecule has 3 aromatic rings. The summed E-state index contributed by atoms with van der Waals surface area (Å²) in [6, 6.07) is 13.6. The summed E-state index contributed by atoms with van der Waals surface area (Å²) in [4.78, 5) is 8.98. The summed E-state index contributed by atoms with van der Waals surface area (Å²) in [5.74, 6) is 3.49. The zero-order chi connectivity index (χ0) is 19.4. The van der Waals surface area contributed by atoms with E-state index in [1.165, 1.54) is 11.1 Å². The molecule has 0 bridgehead atoms. The third-order valence-corrected chi connectivity index (χ3v) is 4.37. The van der Waals surface area contributed by atoms with Crippen LogP contribution >= 0.6 is 0 Å². The molecular weight excluding hydrogens is 340 g/mol. The molecule has 0 saturated heterocycles. The standard InChI is InChI=1S/C21H24N4O2/c1-13-7-6-8-17(14(13)2)24-20-12-21(23-15(3)22-20)25-18-11-16(26-4)9-10-19(18)27-5/h6-12H,1-5H3,(H2,22,23,24,25). The average molecular weight is 364 g/mol. The summed E-state index contributed by atoms with van der Waals surface area (Å²) < 4.78 is 10.7. The van der Waals surface area contributed by atoms with Crippen molar-refractivity contribution in [2.24, 2.45) is 0 Å². The van der Waals surface area contributed by atoms with E-state index in [0.29, 0.717) is 17.4 Å². The number of nitrogens with one attached hydrogen (secondary N) is 2. The molecule has 3 rings (SSSR count). The van der Waals surface area contributed by atoms with Gasteiger partial charge in [-0.05, 0) is 50.1 Å². The quantitative estimate of drug-likeness (QED) is 0.648. The number of aryl methyl sites for hydroxylation is 2. The lowest BCUT2D eigenvalue weighted by Crippen LogP contribution is -2.03. The first-order valence-electron chi connectivity index (χ1n) is 8.68. The Kier molecular flexibility index (Phi) is 5.45. The van der Waals surface area contributed by atoms with Crippen molar-refractivity contribution in [2.75, 3.05) is 24.9 Å². The minimum atomic E-state index is 0.662. The summed E-state index contributed by atoms with van der Waals surface area (Å²) in [6.07, 6.45) is 0. The number of ether oxygens (including phenoxy) is 2. The second-order valence-electron chi connectivity index (χ2n) is 6.25. The Morgan fingerprint density at radius 1 is 0.778 bits per heavy atom. The van der Waals surface area contributed by atoms with Crippen LogP contribution in [0.2, 0.25) is 0 Å². The van der Waals surface area contributed by atoms with Crippen molar-refractivity contribution in [2.45, 2.75) is 20.8 Å². The number of aromatic nitrogens is 2. The Morgan fingerprint density at radius 3 is 2.15 bits per heavy atom. The van der Waals surface area contributed by atoms with Gasteiger partial charge in [-0.3, -0.25) is 0 Å². The number of methoxy groups -OCH3 is 2. The van der Waals surface area contributed by atoms with E-state index in [0.717, 1.165) is 22.9 Å². The van der Waals surface area contributed by atoms with E-state index in [-0.39, 0.29) is 0 Å². The van der Waals surface area contributed by atoms with Crippen LogP contribution < -0.4 is 20.1 Å². The molecule has 0 unspecified atom stereocenters. The molecule has 0 aliphatic carbocycles. The Morgan fingerprint density at radius 2 is 1.48 bits per heavy atom. The molecular formula is C21H24N4O2. The van der Waals surface area contributed by atoms with E-state index >= 15 is 0 Å². The molecule has 0 saturated carbocycles. The van der Waals surface area contributed by atoms with Gasteiger partial charge in [-0.1, -0.05) is 12.1 Å². The summed E-state index contributed by atoms with van der Waals surface area (Å²) in [7, 11) is 3.26. The largest absolute Gasteiger partial charge is 0.497 e. The van der Waals surface area contributed by atoms with Gasteiger partial charge < -0.3 is 20.1 Å². The van der Waals surface area contributed by atoms with Crippen LogP contribution in [0.5, 0.6) is 11.5 Å². The zero-order valence-electron chi connectivity index (χ0n) is 16.3. The first-order valence-corrected chi connectivity index (χ1v) is 8.68. The predicted molar refractivity (Wildman–Crippen MR) is 109 cm³/mol. The number of benzene rings is 2. The summed E-state index contributed by atoms with van der Waals surface area (Å²) in [5, 5.41) is 6.68. The van der Waals surface area contributed by atoms with E-state index in [9.17, 15) is 0 Å². The fourth-order valence-corrected chi connectivity index (χ4v) is 2.77. The number of hydrogen-bond donors (Lipinski definition) is 2. The van der Waals surface area contributed by atoms with Crippen molar-refractivity contribution in [1.29, 1.82) is 0 Å².